The molecule has 0 bridgehead atoms. The van der Waals surface area contributed by atoms with E-state index in [0.29, 0.717) is 11.5 Å². The minimum Gasteiger partial charge on any atom is -0.391 e. The van der Waals surface area contributed by atoms with Crippen molar-refractivity contribution >= 4 is 11.6 Å². The van der Waals surface area contributed by atoms with E-state index >= 15 is 0 Å². The number of nitrogens with one attached hydrogen (secondary N) is 4. The molecule has 2 aromatic rings. The maximum atomic E-state index is 11.8. The average Bonchev–Trinajstić information content (AvgIpc) is 2.94. The first-order valence-corrected chi connectivity index (χ1v) is 5.32. The monoisotopic (exact) mass is 246 g/mol. The van der Waals surface area contributed by atoms with Crippen LogP contribution in [0.15, 0.2) is 17.1 Å². The third-order valence-electron chi connectivity index (χ3n) is 2.62. The summed E-state index contributed by atoms with van der Waals surface area (Å²) >= 11 is 0. The minimum absolute atomic E-state index is 0.439. The van der Waals surface area contributed by atoms with Gasteiger partial charge in [-0.05, 0) is 13.0 Å². The Labute approximate surface area is 101 Å². The molecule has 0 amide bonds. The molecule has 1 atom stereocenters. The summed E-state index contributed by atoms with van der Waals surface area (Å²) in [6.07, 6.45) is 1.02. The molecule has 0 radical (unpaired) electrons. The van der Waals surface area contributed by atoms with E-state index in [0.717, 1.165) is 16.1 Å². The number of fused-ring (bicyclic) bond motifs is 3. The van der Waals surface area contributed by atoms with Gasteiger partial charge in [0, 0.05) is 11.8 Å². The predicted octanol–water partition coefficient (Wildman–Crippen LogP) is 0.265. The maximum Gasteiger partial charge on any atom is 0.360 e. The van der Waals surface area contributed by atoms with Gasteiger partial charge >= 0.3 is 5.69 Å². The van der Waals surface area contributed by atoms with Crippen LogP contribution in [-0.4, -0.2) is 20.8 Å². The molecule has 0 saturated carbocycles. The molecule has 4 N–H and O–H groups in total. The summed E-state index contributed by atoms with van der Waals surface area (Å²) in [5.41, 5.74) is 6.63. The molecule has 1 aliphatic rings. The summed E-state index contributed by atoms with van der Waals surface area (Å²) in [5, 5.41) is 8.75. The number of aromatic amines is 2. The van der Waals surface area contributed by atoms with Crippen molar-refractivity contribution in [2.24, 2.45) is 0 Å². The van der Waals surface area contributed by atoms with Crippen molar-refractivity contribution in [3.63, 3.8) is 0 Å². The third-order valence-corrected chi connectivity index (χ3v) is 2.62. The average molecular weight is 246 g/mol. The molecule has 2 aromatic heterocycles. The van der Waals surface area contributed by atoms with Gasteiger partial charge < -0.3 is 9.82 Å². The van der Waals surface area contributed by atoms with Crippen LogP contribution < -0.4 is 21.4 Å². The second-order valence-corrected chi connectivity index (χ2v) is 3.84. The zero-order valence-corrected chi connectivity index (χ0v) is 9.44. The Morgan fingerprint density at radius 1 is 1.44 bits per heavy atom. The summed E-state index contributed by atoms with van der Waals surface area (Å²) in [7, 11) is 0. The summed E-state index contributed by atoms with van der Waals surface area (Å²) in [6.45, 7) is 1.57. The van der Waals surface area contributed by atoms with E-state index in [-0.39, 0.29) is 0 Å². The zero-order valence-electron chi connectivity index (χ0n) is 9.44. The first kappa shape index (κ1) is 10.3. The lowest BCUT2D eigenvalue weighted by molar-refractivity contribution is 0.0773. The second-order valence-electron chi connectivity index (χ2n) is 3.84. The SMILES string of the molecule is CC(C#N)On1c2c([nH]c1=O)NNc1[nH]ccc1-2. The molecule has 18 heavy (non-hydrogen) atoms. The number of hydrogen-bond acceptors (Lipinski definition) is 5. The van der Waals surface area contributed by atoms with Gasteiger partial charge in [-0.15, -0.1) is 4.73 Å². The third kappa shape index (κ3) is 1.34. The molecule has 0 saturated heterocycles. The van der Waals surface area contributed by atoms with Crippen LogP contribution >= 0.6 is 0 Å². The number of anilines is 2. The summed E-state index contributed by atoms with van der Waals surface area (Å²) in [6, 6.07) is 3.73. The highest BCUT2D eigenvalue weighted by atomic mass is 16.7. The van der Waals surface area contributed by atoms with Gasteiger partial charge in [-0.2, -0.15) is 5.26 Å². The van der Waals surface area contributed by atoms with Crippen molar-refractivity contribution in [3.8, 4) is 17.3 Å². The lowest BCUT2D eigenvalue weighted by Gasteiger charge is -2.18. The fourth-order valence-electron chi connectivity index (χ4n) is 1.83. The first-order chi connectivity index (χ1) is 8.70. The summed E-state index contributed by atoms with van der Waals surface area (Å²) in [4.78, 5) is 22.7. The van der Waals surface area contributed by atoms with Crippen molar-refractivity contribution in [3.05, 3.63) is 22.7 Å². The van der Waals surface area contributed by atoms with Gasteiger partial charge in [-0.3, -0.25) is 15.8 Å². The normalized spacial score (nSPS) is 13.6. The van der Waals surface area contributed by atoms with Crippen molar-refractivity contribution in [1.29, 1.82) is 5.26 Å². The molecule has 1 aliphatic heterocycles. The number of H-pyrrole nitrogens is 2. The molecule has 92 valence electrons. The standard InChI is InChI=1S/C10H10N6O2/c1-5(4-11)18-16-7-6-2-3-12-8(6)14-15-9(7)13-10(16)17/h2-3,5,12,14-15H,1H3,(H,13,17). The molecule has 3 heterocycles. The second kappa shape index (κ2) is 3.59. The highest BCUT2D eigenvalue weighted by Crippen LogP contribution is 2.34. The Balaban J connectivity index is 2.16. The molecule has 8 heteroatoms. The van der Waals surface area contributed by atoms with Crippen LogP contribution in [0.2, 0.25) is 0 Å². The zero-order chi connectivity index (χ0) is 12.7. The number of imidazole rings is 1. The van der Waals surface area contributed by atoms with Crippen LogP contribution in [0.1, 0.15) is 6.92 Å². The van der Waals surface area contributed by atoms with E-state index in [9.17, 15) is 4.79 Å². The molecular formula is C10H10N6O2. The number of rotatable bonds is 2. The largest absolute Gasteiger partial charge is 0.391 e. The van der Waals surface area contributed by atoms with Crippen molar-refractivity contribution in [1.82, 2.24) is 14.7 Å². The number of hydrogen-bond donors (Lipinski definition) is 4. The Kier molecular flexibility index (Phi) is 2.06. The van der Waals surface area contributed by atoms with Crippen LogP contribution in [0.3, 0.4) is 0 Å². The molecule has 3 rings (SSSR count). The van der Waals surface area contributed by atoms with Crippen molar-refractivity contribution in [2.45, 2.75) is 13.0 Å². The van der Waals surface area contributed by atoms with Gasteiger partial charge in [0.15, 0.2) is 5.82 Å². The highest BCUT2D eigenvalue weighted by Gasteiger charge is 2.25. The molecule has 0 spiro atoms. The topological polar surface area (TPSA) is 111 Å². The Hall–Kier alpha value is -2.82. The van der Waals surface area contributed by atoms with Crippen LogP contribution in [0.4, 0.5) is 11.6 Å². The molecular weight excluding hydrogens is 236 g/mol. The summed E-state index contributed by atoms with van der Waals surface area (Å²) in [5.74, 6) is 1.22. The predicted molar refractivity (Wildman–Crippen MR) is 63.7 cm³/mol. The quantitative estimate of drug-likeness (QED) is 0.607. The first-order valence-electron chi connectivity index (χ1n) is 5.32. The Bertz CT molecular complexity index is 688. The minimum atomic E-state index is -0.722. The Morgan fingerprint density at radius 2 is 2.22 bits per heavy atom. The van der Waals surface area contributed by atoms with Crippen LogP contribution in [0, 0.1) is 11.3 Å². The van der Waals surface area contributed by atoms with Crippen LogP contribution in [-0.2, 0) is 0 Å². The fraction of sp³-hybridized carbons (Fsp3) is 0.200. The van der Waals surface area contributed by atoms with E-state index in [1.807, 2.05) is 12.1 Å². The summed E-state index contributed by atoms with van der Waals surface area (Å²) < 4.78 is 1.09. The van der Waals surface area contributed by atoms with Crippen molar-refractivity contribution < 1.29 is 4.84 Å². The molecule has 0 fully saturated rings. The maximum absolute atomic E-state index is 11.8. The molecule has 0 aliphatic carbocycles. The van der Waals surface area contributed by atoms with E-state index in [1.165, 1.54) is 0 Å². The van der Waals surface area contributed by atoms with Crippen molar-refractivity contribution in [2.75, 3.05) is 10.9 Å². The molecule has 0 aromatic carbocycles. The highest BCUT2D eigenvalue weighted by molar-refractivity contribution is 5.85. The lowest BCUT2D eigenvalue weighted by Crippen LogP contribution is -2.30. The van der Waals surface area contributed by atoms with Crippen LogP contribution in [0.5, 0.6) is 0 Å². The van der Waals surface area contributed by atoms with Gasteiger partial charge in [0.2, 0.25) is 6.10 Å². The fourth-order valence-corrected chi connectivity index (χ4v) is 1.83. The van der Waals surface area contributed by atoms with E-state index in [1.54, 1.807) is 13.1 Å². The number of nitrogens with zero attached hydrogens (tertiary/aromatic N) is 2. The lowest BCUT2D eigenvalue weighted by atomic mass is 10.2. The number of aromatic nitrogens is 3. The Morgan fingerprint density at radius 3 is 3.00 bits per heavy atom. The smallest absolute Gasteiger partial charge is 0.360 e. The van der Waals surface area contributed by atoms with Gasteiger partial charge in [0.25, 0.3) is 0 Å². The van der Waals surface area contributed by atoms with E-state index in [2.05, 4.69) is 20.8 Å². The van der Waals surface area contributed by atoms with Gasteiger partial charge in [0.1, 0.15) is 17.6 Å². The molecule has 1 unspecified atom stereocenters. The van der Waals surface area contributed by atoms with Crippen LogP contribution in [0.25, 0.3) is 11.3 Å². The van der Waals surface area contributed by atoms with E-state index < -0.39 is 11.8 Å². The van der Waals surface area contributed by atoms with Gasteiger partial charge in [-0.1, -0.05) is 0 Å². The van der Waals surface area contributed by atoms with E-state index in [4.69, 9.17) is 10.1 Å². The van der Waals surface area contributed by atoms with Gasteiger partial charge in [0.05, 0.1) is 0 Å². The number of hydrazine groups is 1. The van der Waals surface area contributed by atoms with Gasteiger partial charge in [-0.25, -0.2) is 4.79 Å². The molecule has 8 nitrogen and oxygen atoms in total. The number of nitriles is 1.